The number of rotatable bonds is 7. The Morgan fingerprint density at radius 3 is 2.41 bits per heavy atom. The zero-order valence-corrected chi connectivity index (χ0v) is 13.0. The second-order valence-electron chi connectivity index (χ2n) is 4.66. The van der Waals surface area contributed by atoms with Gasteiger partial charge in [0.05, 0.1) is 13.7 Å². The van der Waals surface area contributed by atoms with Gasteiger partial charge in [-0.1, -0.05) is 12.1 Å². The number of halogens is 1. The number of methoxy groups -OCH3 is 2. The predicted octanol–water partition coefficient (Wildman–Crippen LogP) is 1.88. The lowest BCUT2D eigenvalue weighted by molar-refractivity contribution is -0.145. The van der Waals surface area contributed by atoms with Gasteiger partial charge in [0.2, 0.25) is 5.91 Å². The average molecular weight is 309 g/mol. The number of hydrogen-bond acceptors (Lipinski definition) is 4. The van der Waals surface area contributed by atoms with Crippen LogP contribution in [-0.4, -0.2) is 50.7 Å². The molecule has 1 aromatic carbocycles. The van der Waals surface area contributed by atoms with Crippen LogP contribution in [0.5, 0.6) is 0 Å². The van der Waals surface area contributed by atoms with Crippen molar-refractivity contribution >= 4 is 17.4 Å². The number of hydrogen-bond donors (Lipinski definition) is 0. The number of esters is 1. The fraction of sp³-hybridized carbons (Fsp3) is 0.375. The van der Waals surface area contributed by atoms with E-state index in [4.69, 9.17) is 4.74 Å². The molecule has 0 N–H and O–H groups in total. The van der Waals surface area contributed by atoms with Crippen LogP contribution in [0.25, 0.3) is 5.57 Å². The molecule has 0 unspecified atom stereocenters. The van der Waals surface area contributed by atoms with Crippen LogP contribution >= 0.6 is 0 Å². The Hall–Kier alpha value is -2.21. The molecule has 22 heavy (non-hydrogen) atoms. The zero-order valence-electron chi connectivity index (χ0n) is 13.0. The Morgan fingerprint density at radius 2 is 1.86 bits per heavy atom. The SMILES string of the molecule is COCCN(CC(=O)OC)C(=O)/C=C(\C)c1ccc(F)cc1. The van der Waals surface area contributed by atoms with E-state index in [9.17, 15) is 14.0 Å². The summed E-state index contributed by atoms with van der Waals surface area (Å²) in [7, 11) is 2.78. The number of benzene rings is 1. The smallest absolute Gasteiger partial charge is 0.325 e. The summed E-state index contributed by atoms with van der Waals surface area (Å²) in [6.07, 6.45) is 1.41. The second kappa shape index (κ2) is 8.94. The maximum Gasteiger partial charge on any atom is 0.325 e. The molecule has 0 radical (unpaired) electrons. The second-order valence-corrected chi connectivity index (χ2v) is 4.66. The molecule has 0 spiro atoms. The highest BCUT2D eigenvalue weighted by molar-refractivity contribution is 5.96. The Morgan fingerprint density at radius 1 is 1.23 bits per heavy atom. The van der Waals surface area contributed by atoms with Crippen LogP contribution < -0.4 is 0 Å². The van der Waals surface area contributed by atoms with Crippen molar-refractivity contribution in [1.82, 2.24) is 4.90 Å². The van der Waals surface area contributed by atoms with Gasteiger partial charge >= 0.3 is 5.97 Å². The van der Waals surface area contributed by atoms with Crippen molar-refractivity contribution < 1.29 is 23.5 Å². The minimum absolute atomic E-state index is 0.147. The topological polar surface area (TPSA) is 55.8 Å². The van der Waals surface area contributed by atoms with Gasteiger partial charge in [0.25, 0.3) is 0 Å². The summed E-state index contributed by atoms with van der Waals surface area (Å²) in [6, 6.07) is 5.84. The van der Waals surface area contributed by atoms with E-state index in [2.05, 4.69) is 4.74 Å². The number of amides is 1. The highest BCUT2D eigenvalue weighted by Gasteiger charge is 2.16. The molecule has 0 atom stereocenters. The van der Waals surface area contributed by atoms with Crippen molar-refractivity contribution in [3.63, 3.8) is 0 Å². The first-order chi connectivity index (χ1) is 10.5. The Bertz CT molecular complexity index is 540. The van der Waals surface area contributed by atoms with E-state index in [1.165, 1.54) is 37.3 Å². The molecule has 6 heteroatoms. The first kappa shape index (κ1) is 17.8. The van der Waals surface area contributed by atoms with E-state index in [-0.39, 0.29) is 24.8 Å². The molecule has 1 aromatic rings. The van der Waals surface area contributed by atoms with Gasteiger partial charge in [-0.3, -0.25) is 9.59 Å². The molecule has 0 heterocycles. The molecule has 0 aliphatic rings. The molecule has 0 aromatic heterocycles. The molecule has 0 aliphatic heterocycles. The van der Waals surface area contributed by atoms with Gasteiger partial charge in [0.15, 0.2) is 0 Å². The Balaban J connectivity index is 2.85. The third-order valence-electron chi connectivity index (χ3n) is 3.06. The lowest BCUT2D eigenvalue weighted by Crippen LogP contribution is -2.37. The minimum atomic E-state index is -0.503. The standard InChI is InChI=1S/C16H20FNO4/c1-12(13-4-6-14(17)7-5-13)10-15(19)18(8-9-21-2)11-16(20)22-3/h4-7,10H,8-9,11H2,1-3H3/b12-10+. The van der Waals surface area contributed by atoms with Crippen molar-refractivity contribution in [2.45, 2.75) is 6.92 Å². The van der Waals surface area contributed by atoms with E-state index >= 15 is 0 Å². The van der Waals surface area contributed by atoms with E-state index < -0.39 is 5.97 Å². The van der Waals surface area contributed by atoms with E-state index in [1.807, 2.05) is 0 Å². The summed E-state index contributed by atoms with van der Waals surface area (Å²) in [6.45, 7) is 2.19. The van der Waals surface area contributed by atoms with Crippen molar-refractivity contribution in [3.05, 3.63) is 41.7 Å². The quantitative estimate of drug-likeness (QED) is 0.570. The summed E-state index contributed by atoms with van der Waals surface area (Å²) in [5.74, 6) is -1.17. The number of allylic oxidation sites excluding steroid dienone is 1. The third kappa shape index (κ3) is 5.65. The van der Waals surface area contributed by atoms with Gasteiger partial charge in [-0.15, -0.1) is 0 Å². The highest BCUT2D eigenvalue weighted by Crippen LogP contribution is 2.14. The van der Waals surface area contributed by atoms with Crippen LogP contribution in [0.15, 0.2) is 30.3 Å². The minimum Gasteiger partial charge on any atom is -0.468 e. The molecule has 1 rings (SSSR count). The van der Waals surface area contributed by atoms with Crippen molar-refractivity contribution in [3.8, 4) is 0 Å². The van der Waals surface area contributed by atoms with Crippen LogP contribution in [0, 0.1) is 5.82 Å². The van der Waals surface area contributed by atoms with Gasteiger partial charge in [-0.2, -0.15) is 0 Å². The summed E-state index contributed by atoms with van der Waals surface area (Å²) in [5.41, 5.74) is 1.41. The maximum absolute atomic E-state index is 12.9. The molecule has 0 saturated carbocycles. The largest absolute Gasteiger partial charge is 0.468 e. The molecule has 0 saturated heterocycles. The van der Waals surface area contributed by atoms with Gasteiger partial charge in [0.1, 0.15) is 12.4 Å². The van der Waals surface area contributed by atoms with Crippen LogP contribution in [0.2, 0.25) is 0 Å². The third-order valence-corrected chi connectivity index (χ3v) is 3.06. The van der Waals surface area contributed by atoms with Crippen molar-refractivity contribution in [2.75, 3.05) is 33.9 Å². The highest BCUT2D eigenvalue weighted by atomic mass is 19.1. The Kier molecular flexibility index (Phi) is 7.25. The first-order valence-corrected chi connectivity index (χ1v) is 6.76. The summed E-state index contributed by atoms with van der Waals surface area (Å²) in [5, 5.41) is 0. The molecular weight excluding hydrogens is 289 g/mol. The summed E-state index contributed by atoms with van der Waals surface area (Å²) < 4.78 is 22.4. The molecule has 1 amide bonds. The lowest BCUT2D eigenvalue weighted by Gasteiger charge is -2.19. The average Bonchev–Trinajstić information content (AvgIpc) is 2.51. The van der Waals surface area contributed by atoms with Gasteiger partial charge in [0, 0.05) is 19.7 Å². The molecule has 0 bridgehead atoms. The van der Waals surface area contributed by atoms with Crippen LogP contribution in [-0.2, 0) is 19.1 Å². The number of carbonyl (C=O) groups excluding carboxylic acids is 2. The van der Waals surface area contributed by atoms with Gasteiger partial charge in [-0.25, -0.2) is 4.39 Å². The molecular formula is C16H20FNO4. The predicted molar refractivity (Wildman–Crippen MR) is 80.5 cm³/mol. The molecule has 0 fully saturated rings. The van der Waals surface area contributed by atoms with Crippen molar-refractivity contribution in [2.24, 2.45) is 0 Å². The summed E-state index contributed by atoms with van der Waals surface area (Å²) in [4.78, 5) is 25.0. The fourth-order valence-corrected chi connectivity index (χ4v) is 1.76. The fourth-order valence-electron chi connectivity index (χ4n) is 1.76. The normalized spacial score (nSPS) is 11.2. The first-order valence-electron chi connectivity index (χ1n) is 6.76. The molecule has 120 valence electrons. The number of carbonyl (C=O) groups is 2. The zero-order chi connectivity index (χ0) is 16.5. The number of nitrogens with zero attached hydrogens (tertiary/aromatic N) is 1. The maximum atomic E-state index is 12.9. The van der Waals surface area contributed by atoms with E-state index in [0.717, 1.165) is 5.56 Å². The number of ether oxygens (including phenoxy) is 2. The molecule has 0 aliphatic carbocycles. The summed E-state index contributed by atoms with van der Waals surface area (Å²) >= 11 is 0. The molecule has 5 nitrogen and oxygen atoms in total. The van der Waals surface area contributed by atoms with E-state index in [1.54, 1.807) is 19.1 Å². The monoisotopic (exact) mass is 309 g/mol. The van der Waals surface area contributed by atoms with Gasteiger partial charge < -0.3 is 14.4 Å². The lowest BCUT2D eigenvalue weighted by atomic mass is 10.1. The van der Waals surface area contributed by atoms with Crippen LogP contribution in [0.4, 0.5) is 4.39 Å². The van der Waals surface area contributed by atoms with Crippen LogP contribution in [0.3, 0.4) is 0 Å². The van der Waals surface area contributed by atoms with Gasteiger partial charge in [-0.05, 0) is 30.2 Å². The van der Waals surface area contributed by atoms with Crippen LogP contribution in [0.1, 0.15) is 12.5 Å². The van der Waals surface area contributed by atoms with E-state index in [0.29, 0.717) is 12.2 Å². The van der Waals surface area contributed by atoms with Crippen molar-refractivity contribution in [1.29, 1.82) is 0 Å². The Labute approximate surface area is 129 Å².